The number of carbonyl (C=O) groups is 2. The summed E-state index contributed by atoms with van der Waals surface area (Å²) in [5, 5.41) is 22.1. The normalized spacial score (nSPS) is 18.4. The van der Waals surface area contributed by atoms with E-state index in [9.17, 15) is 37.4 Å². The van der Waals surface area contributed by atoms with Gasteiger partial charge in [-0.1, -0.05) is 11.6 Å². The van der Waals surface area contributed by atoms with E-state index in [2.05, 4.69) is 5.32 Å². The van der Waals surface area contributed by atoms with Crippen LogP contribution in [0.15, 0.2) is 42.6 Å². The number of aromatic nitrogens is 1. The third-order valence-electron chi connectivity index (χ3n) is 5.51. The first kappa shape index (κ1) is 24.8. The number of hydrogen-bond acceptors (Lipinski definition) is 5. The Balaban J connectivity index is 1.50. The summed E-state index contributed by atoms with van der Waals surface area (Å²) in [6.07, 6.45) is -5.46. The van der Waals surface area contributed by atoms with Gasteiger partial charge in [0.1, 0.15) is 12.5 Å². The van der Waals surface area contributed by atoms with E-state index in [1.165, 1.54) is 18.2 Å². The highest BCUT2D eigenvalue weighted by Gasteiger charge is 2.49. The zero-order valence-electron chi connectivity index (χ0n) is 17.8. The summed E-state index contributed by atoms with van der Waals surface area (Å²) in [7, 11) is 0. The Hall–Kier alpha value is -3.35. The standard InChI is InChI=1S/C22H18ClF4N3O5/c23-13-5-12(6-14(24)7-13)9-28-20(33)35-21(34)3-4-30(19(21)32)15-1-2-18-16(8-15)17(22(25,26)27)10-29(18)11-31/h1-2,5-8,10,31,34H,3-4,9,11H2,(H,28,33). The van der Waals surface area contributed by atoms with Gasteiger partial charge < -0.3 is 29.7 Å². The van der Waals surface area contributed by atoms with E-state index in [-0.39, 0.29) is 41.1 Å². The van der Waals surface area contributed by atoms with Gasteiger partial charge in [0, 0.05) is 41.8 Å². The predicted octanol–water partition coefficient (Wildman–Crippen LogP) is 3.75. The van der Waals surface area contributed by atoms with E-state index in [1.807, 2.05) is 0 Å². The van der Waals surface area contributed by atoms with Crippen LogP contribution in [0.1, 0.15) is 17.5 Å². The van der Waals surface area contributed by atoms with E-state index in [1.54, 1.807) is 0 Å². The second-order valence-electron chi connectivity index (χ2n) is 7.87. The third kappa shape index (κ3) is 4.90. The van der Waals surface area contributed by atoms with Crippen LogP contribution in [0.4, 0.5) is 28.0 Å². The lowest BCUT2D eigenvalue weighted by molar-refractivity contribution is -0.175. The van der Waals surface area contributed by atoms with Crippen molar-refractivity contribution in [1.82, 2.24) is 9.88 Å². The number of halogens is 5. The zero-order valence-corrected chi connectivity index (χ0v) is 18.5. The molecule has 8 nitrogen and oxygen atoms in total. The number of anilines is 1. The van der Waals surface area contributed by atoms with Crippen LogP contribution in [-0.4, -0.2) is 39.1 Å². The molecule has 0 radical (unpaired) electrons. The molecule has 35 heavy (non-hydrogen) atoms. The number of benzene rings is 2. The first-order valence-electron chi connectivity index (χ1n) is 10.2. The fraction of sp³-hybridized carbons (Fsp3) is 0.273. The van der Waals surface area contributed by atoms with Crippen LogP contribution in [0, 0.1) is 5.82 Å². The lowest BCUT2D eigenvalue weighted by atomic mass is 10.1. The molecule has 3 N–H and O–H groups in total. The molecule has 3 aromatic rings. The summed E-state index contributed by atoms with van der Waals surface area (Å²) in [4.78, 5) is 26.0. The van der Waals surface area contributed by atoms with Crippen molar-refractivity contribution in [1.29, 1.82) is 0 Å². The Morgan fingerprint density at radius 3 is 2.63 bits per heavy atom. The number of nitrogens with zero attached hydrogens (tertiary/aromatic N) is 2. The van der Waals surface area contributed by atoms with Gasteiger partial charge in [0.15, 0.2) is 0 Å². The molecule has 0 aliphatic carbocycles. The van der Waals surface area contributed by atoms with Crippen LogP contribution < -0.4 is 10.2 Å². The van der Waals surface area contributed by atoms with Crippen molar-refractivity contribution in [3.05, 3.63) is 64.6 Å². The third-order valence-corrected chi connectivity index (χ3v) is 5.73. The number of fused-ring (bicyclic) bond motifs is 1. The fourth-order valence-electron chi connectivity index (χ4n) is 3.90. The summed E-state index contributed by atoms with van der Waals surface area (Å²) in [6, 6.07) is 7.37. The monoisotopic (exact) mass is 515 g/mol. The van der Waals surface area contributed by atoms with Crippen molar-refractivity contribution in [2.45, 2.75) is 31.7 Å². The smallest absolute Gasteiger partial charge is 0.407 e. The number of amides is 2. The maximum atomic E-state index is 13.5. The number of rotatable bonds is 5. The van der Waals surface area contributed by atoms with E-state index in [0.717, 1.165) is 33.9 Å². The van der Waals surface area contributed by atoms with Gasteiger partial charge in [-0.05, 0) is 42.0 Å². The van der Waals surface area contributed by atoms with Crippen LogP contribution in [0.2, 0.25) is 5.02 Å². The average molecular weight is 516 g/mol. The van der Waals surface area contributed by atoms with Crippen molar-refractivity contribution in [3.8, 4) is 0 Å². The largest absolute Gasteiger partial charge is 0.418 e. The van der Waals surface area contributed by atoms with Crippen molar-refractivity contribution >= 4 is 40.2 Å². The van der Waals surface area contributed by atoms with E-state index in [4.69, 9.17) is 16.3 Å². The molecule has 1 unspecified atom stereocenters. The lowest BCUT2D eigenvalue weighted by Crippen LogP contribution is -2.46. The molecule has 0 spiro atoms. The van der Waals surface area contributed by atoms with Crippen LogP contribution in [0.5, 0.6) is 0 Å². The maximum Gasteiger partial charge on any atom is 0.418 e. The molecule has 1 saturated heterocycles. The molecule has 186 valence electrons. The zero-order chi connectivity index (χ0) is 25.5. The Labute approximate surface area is 200 Å². The number of carbonyl (C=O) groups excluding carboxylic acids is 2. The number of nitrogens with one attached hydrogen (secondary N) is 1. The molecule has 1 aromatic heterocycles. The van der Waals surface area contributed by atoms with E-state index >= 15 is 0 Å². The number of alkyl carbamates (subject to hydrolysis) is 1. The van der Waals surface area contributed by atoms with Gasteiger partial charge in [0.25, 0.3) is 11.7 Å². The van der Waals surface area contributed by atoms with Crippen LogP contribution in [0.3, 0.4) is 0 Å². The van der Waals surface area contributed by atoms with E-state index in [0.29, 0.717) is 5.56 Å². The highest BCUT2D eigenvalue weighted by atomic mass is 35.5. The summed E-state index contributed by atoms with van der Waals surface area (Å²) >= 11 is 5.75. The van der Waals surface area contributed by atoms with Gasteiger partial charge in [-0.3, -0.25) is 4.79 Å². The van der Waals surface area contributed by atoms with Gasteiger partial charge in [-0.2, -0.15) is 13.2 Å². The summed E-state index contributed by atoms with van der Waals surface area (Å²) in [5.74, 6) is -4.22. The first-order valence-corrected chi connectivity index (χ1v) is 10.6. The molecule has 1 fully saturated rings. The molecule has 0 saturated carbocycles. The molecule has 2 aromatic carbocycles. The predicted molar refractivity (Wildman–Crippen MR) is 116 cm³/mol. The second-order valence-corrected chi connectivity index (χ2v) is 8.30. The molecular formula is C22H18ClF4N3O5. The van der Waals surface area contributed by atoms with Crippen LogP contribution >= 0.6 is 11.6 Å². The Kier molecular flexibility index (Phi) is 6.38. The highest BCUT2D eigenvalue weighted by molar-refractivity contribution is 6.30. The van der Waals surface area contributed by atoms with Crippen molar-refractivity contribution < 1.29 is 42.1 Å². The van der Waals surface area contributed by atoms with Gasteiger partial charge >= 0.3 is 12.3 Å². The molecule has 1 aliphatic rings. The summed E-state index contributed by atoms with van der Waals surface area (Å²) in [5.41, 5.74) is -0.558. The van der Waals surface area contributed by atoms with Crippen molar-refractivity contribution in [2.24, 2.45) is 0 Å². The summed E-state index contributed by atoms with van der Waals surface area (Å²) < 4.78 is 59.7. The Morgan fingerprint density at radius 1 is 1.23 bits per heavy atom. The highest BCUT2D eigenvalue weighted by Crippen LogP contribution is 2.39. The molecule has 13 heteroatoms. The molecule has 0 bridgehead atoms. The van der Waals surface area contributed by atoms with Crippen LogP contribution in [-0.2, 0) is 29.0 Å². The van der Waals surface area contributed by atoms with Crippen LogP contribution in [0.25, 0.3) is 10.9 Å². The molecular weight excluding hydrogens is 498 g/mol. The number of aliphatic hydroxyl groups is 2. The number of hydrogen-bond donors (Lipinski definition) is 3. The SMILES string of the molecule is O=C(NCc1cc(F)cc(Cl)c1)OC1(O)CCN(c2ccc3c(c2)c(C(F)(F)F)cn3CO)C1=O. The molecule has 4 rings (SSSR count). The molecule has 1 atom stereocenters. The van der Waals surface area contributed by atoms with Gasteiger partial charge in [-0.25, -0.2) is 9.18 Å². The quantitative estimate of drug-likeness (QED) is 0.355. The minimum Gasteiger partial charge on any atom is -0.407 e. The maximum absolute atomic E-state index is 13.5. The van der Waals surface area contributed by atoms with Gasteiger partial charge in [0.2, 0.25) is 0 Å². The van der Waals surface area contributed by atoms with Crippen molar-refractivity contribution in [2.75, 3.05) is 11.4 Å². The number of ether oxygens (including phenoxy) is 1. The summed E-state index contributed by atoms with van der Waals surface area (Å²) in [6.45, 7) is -1.03. The first-order chi connectivity index (χ1) is 16.4. The topological polar surface area (TPSA) is 104 Å². The molecule has 2 heterocycles. The lowest BCUT2D eigenvalue weighted by Gasteiger charge is -2.22. The average Bonchev–Trinajstić information content (AvgIpc) is 3.28. The van der Waals surface area contributed by atoms with Gasteiger partial charge in [0.05, 0.1) is 11.1 Å². The van der Waals surface area contributed by atoms with E-state index < -0.39 is 42.1 Å². The van der Waals surface area contributed by atoms with Gasteiger partial charge in [-0.15, -0.1) is 0 Å². The molecule has 1 aliphatic heterocycles. The second kappa shape index (κ2) is 9.02. The minimum absolute atomic E-state index is 0.0398. The number of alkyl halides is 3. The molecule has 2 amide bonds. The number of aliphatic hydroxyl groups excluding tert-OH is 1. The Bertz CT molecular complexity index is 1290. The Morgan fingerprint density at radius 2 is 1.97 bits per heavy atom. The fourth-order valence-corrected chi connectivity index (χ4v) is 4.14. The minimum atomic E-state index is -4.71. The van der Waals surface area contributed by atoms with Crippen molar-refractivity contribution in [3.63, 3.8) is 0 Å².